The van der Waals surface area contributed by atoms with E-state index in [4.69, 9.17) is 15.2 Å². The van der Waals surface area contributed by atoms with Gasteiger partial charge in [0.1, 0.15) is 25.6 Å². The predicted molar refractivity (Wildman–Crippen MR) is 122 cm³/mol. The van der Waals surface area contributed by atoms with Gasteiger partial charge in [-0.05, 0) is 48.5 Å². The first-order valence-electron chi connectivity index (χ1n) is 10.1. The zero-order valence-corrected chi connectivity index (χ0v) is 18.5. The minimum atomic E-state index is -4.29. The molecule has 0 unspecified atom stereocenters. The molecule has 1 heterocycles. The third-order valence-corrected chi connectivity index (χ3v) is 6.74. The summed E-state index contributed by atoms with van der Waals surface area (Å²) < 4.78 is 52.3. The van der Waals surface area contributed by atoms with Gasteiger partial charge in [-0.25, -0.2) is 12.8 Å². The van der Waals surface area contributed by atoms with Gasteiger partial charge in [-0.15, -0.1) is 0 Å². The van der Waals surface area contributed by atoms with Gasteiger partial charge in [0.25, 0.3) is 15.9 Å². The molecule has 0 aromatic heterocycles. The van der Waals surface area contributed by atoms with E-state index in [1.165, 1.54) is 42.5 Å². The van der Waals surface area contributed by atoms with E-state index in [1.54, 1.807) is 12.1 Å². The number of hydrogen-bond acceptors (Lipinski definition) is 6. The van der Waals surface area contributed by atoms with Crippen molar-refractivity contribution in [3.8, 4) is 11.5 Å². The highest BCUT2D eigenvalue weighted by molar-refractivity contribution is 7.92. The minimum absolute atomic E-state index is 0.0645. The molecular formula is C23H20FN3O6S. The summed E-state index contributed by atoms with van der Waals surface area (Å²) in [6, 6.07) is 14.8. The zero-order chi connectivity index (χ0) is 24.3. The van der Waals surface area contributed by atoms with E-state index in [0.717, 1.165) is 16.4 Å². The Morgan fingerprint density at radius 3 is 2.35 bits per heavy atom. The lowest BCUT2D eigenvalue weighted by Gasteiger charge is -2.25. The Labute approximate surface area is 194 Å². The molecular weight excluding hydrogens is 465 g/mol. The summed E-state index contributed by atoms with van der Waals surface area (Å²) in [5.74, 6) is -1.40. The quantitative estimate of drug-likeness (QED) is 0.529. The Kier molecular flexibility index (Phi) is 6.37. The number of carbonyl (C=O) groups excluding carboxylic acids is 2. The van der Waals surface area contributed by atoms with Crippen molar-refractivity contribution in [3.63, 3.8) is 0 Å². The maximum Gasteiger partial charge on any atom is 0.264 e. The van der Waals surface area contributed by atoms with E-state index in [0.29, 0.717) is 12.4 Å². The lowest BCUT2D eigenvalue weighted by Crippen LogP contribution is -2.38. The van der Waals surface area contributed by atoms with Crippen LogP contribution in [0.15, 0.2) is 71.6 Å². The number of primary amides is 1. The van der Waals surface area contributed by atoms with E-state index < -0.39 is 34.2 Å². The summed E-state index contributed by atoms with van der Waals surface area (Å²) in [7, 11) is -4.29. The Bertz CT molecular complexity index is 1350. The van der Waals surface area contributed by atoms with Crippen LogP contribution < -0.4 is 24.8 Å². The van der Waals surface area contributed by atoms with Crippen molar-refractivity contribution in [3.05, 3.63) is 78.1 Å². The van der Waals surface area contributed by atoms with Crippen LogP contribution in [0.3, 0.4) is 0 Å². The first kappa shape index (κ1) is 23.1. The number of benzene rings is 3. The number of nitrogens with zero attached hydrogens (tertiary/aromatic N) is 1. The maximum atomic E-state index is 13.5. The van der Waals surface area contributed by atoms with Crippen molar-refractivity contribution in [1.82, 2.24) is 0 Å². The van der Waals surface area contributed by atoms with Crippen molar-refractivity contribution in [1.29, 1.82) is 0 Å². The van der Waals surface area contributed by atoms with E-state index in [-0.39, 0.29) is 34.2 Å². The summed E-state index contributed by atoms with van der Waals surface area (Å²) in [4.78, 5) is 24.4. The fourth-order valence-electron chi connectivity index (χ4n) is 3.36. The highest BCUT2D eigenvalue weighted by Crippen LogP contribution is 2.34. The molecule has 3 aromatic rings. The molecule has 0 bridgehead atoms. The van der Waals surface area contributed by atoms with Crippen molar-refractivity contribution in [2.75, 3.05) is 29.4 Å². The number of fused-ring (bicyclic) bond motifs is 1. The van der Waals surface area contributed by atoms with Crippen LogP contribution in [0.2, 0.25) is 0 Å². The van der Waals surface area contributed by atoms with Gasteiger partial charge >= 0.3 is 0 Å². The van der Waals surface area contributed by atoms with Gasteiger partial charge in [0.05, 0.1) is 21.8 Å². The number of halogens is 1. The summed E-state index contributed by atoms with van der Waals surface area (Å²) in [6.45, 7) is -0.0525. The molecule has 3 N–H and O–H groups in total. The van der Waals surface area contributed by atoms with E-state index in [1.807, 2.05) is 0 Å². The van der Waals surface area contributed by atoms with Crippen LogP contribution in [0.5, 0.6) is 11.5 Å². The number of anilines is 2. The Morgan fingerprint density at radius 1 is 0.971 bits per heavy atom. The number of sulfonamides is 1. The second-order valence-corrected chi connectivity index (χ2v) is 9.11. The molecule has 3 aromatic carbocycles. The van der Waals surface area contributed by atoms with Crippen LogP contribution in [0.1, 0.15) is 10.4 Å². The smallest absolute Gasteiger partial charge is 0.264 e. The largest absolute Gasteiger partial charge is 0.486 e. The molecule has 2 amide bonds. The normalized spacial score (nSPS) is 12.6. The van der Waals surface area contributed by atoms with Crippen molar-refractivity contribution in [2.45, 2.75) is 4.90 Å². The first-order valence-corrected chi connectivity index (χ1v) is 11.6. The molecule has 0 fully saturated rings. The Hall–Kier alpha value is -4.12. The topological polar surface area (TPSA) is 128 Å². The van der Waals surface area contributed by atoms with Crippen LogP contribution in [-0.4, -0.2) is 40.0 Å². The van der Waals surface area contributed by atoms with Crippen molar-refractivity contribution >= 4 is 33.2 Å². The minimum Gasteiger partial charge on any atom is -0.486 e. The highest BCUT2D eigenvalue weighted by atomic mass is 32.2. The molecule has 11 heteroatoms. The lowest BCUT2D eigenvalue weighted by molar-refractivity contribution is -0.114. The third kappa shape index (κ3) is 4.79. The molecule has 1 aliphatic rings. The molecule has 0 atom stereocenters. The van der Waals surface area contributed by atoms with Crippen LogP contribution in [-0.2, 0) is 14.8 Å². The number of rotatable bonds is 7. The summed E-state index contributed by atoms with van der Waals surface area (Å²) >= 11 is 0. The average molecular weight is 485 g/mol. The van der Waals surface area contributed by atoms with E-state index >= 15 is 0 Å². The van der Waals surface area contributed by atoms with Gasteiger partial charge in [0.2, 0.25) is 5.91 Å². The van der Waals surface area contributed by atoms with Crippen LogP contribution >= 0.6 is 0 Å². The Morgan fingerprint density at radius 2 is 1.65 bits per heavy atom. The monoisotopic (exact) mass is 485 g/mol. The molecule has 1 aliphatic heterocycles. The van der Waals surface area contributed by atoms with Crippen LogP contribution in [0.25, 0.3) is 0 Å². The fraction of sp³-hybridized carbons (Fsp3) is 0.130. The summed E-state index contributed by atoms with van der Waals surface area (Å²) in [5, 5.41) is 2.51. The summed E-state index contributed by atoms with van der Waals surface area (Å²) in [5.41, 5.74) is 5.61. The van der Waals surface area contributed by atoms with E-state index in [2.05, 4.69) is 5.32 Å². The average Bonchev–Trinajstić information content (AvgIpc) is 2.83. The third-order valence-electron chi connectivity index (χ3n) is 4.97. The number of para-hydroxylation sites is 1. The fourth-order valence-corrected chi connectivity index (χ4v) is 4.80. The standard InChI is InChI=1S/C23H20FN3O6S/c24-15-5-7-16(8-6-15)27(14-22(28)26-19-4-2-1-3-18(19)23(25)29)34(30,31)17-9-10-20-21(13-17)33-12-11-32-20/h1-10,13H,11-12,14H2,(H2,25,29)(H,26,28). The van der Waals surface area contributed by atoms with E-state index in [9.17, 15) is 22.4 Å². The molecule has 176 valence electrons. The van der Waals surface area contributed by atoms with Gasteiger partial charge in [0.15, 0.2) is 11.5 Å². The van der Waals surface area contributed by atoms with Crippen molar-refractivity contribution < 1.29 is 31.9 Å². The number of nitrogens with two attached hydrogens (primary N) is 1. The van der Waals surface area contributed by atoms with Crippen LogP contribution in [0.4, 0.5) is 15.8 Å². The van der Waals surface area contributed by atoms with Crippen LogP contribution in [0, 0.1) is 5.82 Å². The lowest BCUT2D eigenvalue weighted by atomic mass is 10.1. The molecule has 0 aliphatic carbocycles. The van der Waals surface area contributed by atoms with Gasteiger partial charge < -0.3 is 20.5 Å². The number of amides is 2. The van der Waals surface area contributed by atoms with Gasteiger partial charge in [0, 0.05) is 6.07 Å². The van der Waals surface area contributed by atoms with Gasteiger partial charge in [-0.2, -0.15) is 0 Å². The van der Waals surface area contributed by atoms with Gasteiger partial charge in [-0.1, -0.05) is 12.1 Å². The molecule has 0 radical (unpaired) electrons. The molecule has 34 heavy (non-hydrogen) atoms. The molecule has 0 spiro atoms. The molecule has 0 saturated heterocycles. The maximum absolute atomic E-state index is 13.5. The summed E-state index contributed by atoms with van der Waals surface area (Å²) in [6.07, 6.45) is 0. The molecule has 9 nitrogen and oxygen atoms in total. The zero-order valence-electron chi connectivity index (χ0n) is 17.7. The van der Waals surface area contributed by atoms with Crippen molar-refractivity contribution in [2.24, 2.45) is 5.73 Å². The number of carbonyl (C=O) groups is 2. The SMILES string of the molecule is NC(=O)c1ccccc1NC(=O)CN(c1ccc(F)cc1)S(=O)(=O)c1ccc2c(c1)OCCO2. The molecule has 0 saturated carbocycles. The number of ether oxygens (including phenoxy) is 2. The number of nitrogens with one attached hydrogen (secondary N) is 1. The second-order valence-electron chi connectivity index (χ2n) is 7.25. The Balaban J connectivity index is 1.68. The van der Waals surface area contributed by atoms with Gasteiger partial charge in [-0.3, -0.25) is 13.9 Å². The predicted octanol–water partition coefficient (Wildman–Crippen LogP) is 2.53. The number of hydrogen-bond donors (Lipinski definition) is 2. The second kappa shape index (κ2) is 9.40. The molecule has 4 rings (SSSR count). The highest BCUT2D eigenvalue weighted by Gasteiger charge is 2.29. The first-order chi connectivity index (χ1) is 16.3.